The molecule has 0 spiro atoms. The van der Waals surface area contributed by atoms with E-state index in [9.17, 15) is 14.7 Å². The molecule has 8 nitrogen and oxygen atoms in total. The first-order valence-electron chi connectivity index (χ1n) is 20.1. The molecule has 0 atom stereocenters. The number of rotatable bonds is 17. The molecule has 0 aliphatic rings. The van der Waals surface area contributed by atoms with Gasteiger partial charge in [-0.2, -0.15) is 0 Å². The van der Waals surface area contributed by atoms with E-state index in [2.05, 4.69) is 0 Å². The minimum Gasteiger partial charge on any atom is -0.507 e. The lowest BCUT2D eigenvalue weighted by Crippen LogP contribution is -2.16. The summed E-state index contributed by atoms with van der Waals surface area (Å²) in [7, 11) is 0. The van der Waals surface area contributed by atoms with E-state index in [0.29, 0.717) is 60.6 Å². The summed E-state index contributed by atoms with van der Waals surface area (Å²) in [5.74, 6) is 1.21. The highest BCUT2D eigenvalue weighted by atomic mass is 16.5. The van der Waals surface area contributed by atoms with Gasteiger partial charge < -0.3 is 28.5 Å². The minimum absolute atomic E-state index is 0.0236. The fourth-order valence-electron chi connectivity index (χ4n) is 6.68. The summed E-state index contributed by atoms with van der Waals surface area (Å²) in [6.45, 7) is 1.30. The highest BCUT2D eigenvalue weighted by Crippen LogP contribution is 2.33. The van der Waals surface area contributed by atoms with Crippen molar-refractivity contribution in [1.29, 1.82) is 0 Å². The first-order valence-corrected chi connectivity index (χ1v) is 20.1. The van der Waals surface area contributed by atoms with Crippen molar-refractivity contribution in [3.63, 3.8) is 0 Å². The molecule has 8 rings (SSSR count). The Labute approximate surface area is 359 Å². The van der Waals surface area contributed by atoms with E-state index < -0.39 is 11.2 Å². The van der Waals surface area contributed by atoms with Crippen molar-refractivity contribution < 1.29 is 33.3 Å². The van der Waals surface area contributed by atoms with Crippen LogP contribution in [0.25, 0.3) is 29.2 Å². The fourth-order valence-corrected chi connectivity index (χ4v) is 6.68. The van der Waals surface area contributed by atoms with E-state index in [1.807, 2.05) is 140 Å². The number of ether oxygens (including phenoxy) is 4. The van der Waals surface area contributed by atoms with Crippen LogP contribution in [-0.2, 0) is 26.4 Å². The third-order valence-electron chi connectivity index (χ3n) is 9.91. The molecule has 62 heavy (non-hydrogen) atoms. The molecule has 1 N–H and O–H groups in total. The number of allylic oxidation sites excluding steroid dienone is 1. The molecule has 0 bridgehead atoms. The van der Waals surface area contributed by atoms with Gasteiger partial charge in [-0.15, -0.1) is 0 Å². The van der Waals surface area contributed by atoms with Crippen molar-refractivity contribution >= 4 is 35.0 Å². The van der Waals surface area contributed by atoms with E-state index in [4.69, 9.17) is 23.4 Å². The molecule has 0 unspecified atom stereocenters. The summed E-state index contributed by atoms with van der Waals surface area (Å²) in [4.78, 5) is 28.2. The summed E-state index contributed by atoms with van der Waals surface area (Å²) in [6, 6.07) is 54.7. The lowest BCUT2D eigenvalue weighted by atomic mass is 10.0. The molecule has 1 aromatic heterocycles. The molecule has 1 heterocycles. The summed E-state index contributed by atoms with van der Waals surface area (Å²) in [5.41, 5.74) is 4.55. The number of aromatic hydroxyl groups is 1. The average molecular weight is 819 g/mol. The van der Waals surface area contributed by atoms with Crippen LogP contribution >= 0.6 is 0 Å². The zero-order chi connectivity index (χ0) is 42.5. The van der Waals surface area contributed by atoms with Crippen LogP contribution in [0, 0.1) is 0 Å². The van der Waals surface area contributed by atoms with Crippen LogP contribution in [0.2, 0.25) is 0 Å². The number of benzene rings is 7. The molecule has 0 saturated carbocycles. The van der Waals surface area contributed by atoms with Gasteiger partial charge in [-0.1, -0.05) is 152 Å². The third-order valence-corrected chi connectivity index (χ3v) is 9.91. The first kappa shape index (κ1) is 40.7. The summed E-state index contributed by atoms with van der Waals surface area (Å²) in [6.07, 6.45) is 6.21. The van der Waals surface area contributed by atoms with E-state index in [1.54, 1.807) is 48.6 Å². The second kappa shape index (κ2) is 19.8. The predicted octanol–water partition coefficient (Wildman–Crippen LogP) is 11.9. The monoisotopic (exact) mass is 818 g/mol. The number of carbonyl (C=O) groups is 1. The molecule has 7 aromatic carbocycles. The van der Waals surface area contributed by atoms with Gasteiger partial charge >= 0.3 is 0 Å². The van der Waals surface area contributed by atoms with E-state index in [-0.39, 0.29) is 28.0 Å². The molecule has 0 fully saturated rings. The Balaban J connectivity index is 1.09. The van der Waals surface area contributed by atoms with Crippen molar-refractivity contribution in [2.45, 2.75) is 26.4 Å². The van der Waals surface area contributed by atoms with Gasteiger partial charge in [-0.05, 0) is 81.9 Å². The molecule has 8 heteroatoms. The number of ketones is 1. The Kier molecular flexibility index (Phi) is 13.0. The molecule has 0 aliphatic carbocycles. The lowest BCUT2D eigenvalue weighted by Gasteiger charge is -2.14. The van der Waals surface area contributed by atoms with Gasteiger partial charge in [-0.25, -0.2) is 0 Å². The molecule has 0 saturated heterocycles. The largest absolute Gasteiger partial charge is 0.507 e. The first-order chi connectivity index (χ1) is 30.5. The SMILES string of the molecule is O=C(/C=C/c1ccc(OCc2ccccc2)c(OCc2ccccc2)c1)c1c(/C=C/c2ccc(OCc3ccccc3)c(OCc3ccccc3)c2)oc2cccc(O)c2c1=O. The second-order valence-corrected chi connectivity index (χ2v) is 14.4. The van der Waals surface area contributed by atoms with Crippen molar-refractivity contribution in [3.05, 3.63) is 237 Å². The highest BCUT2D eigenvalue weighted by molar-refractivity contribution is 6.10. The van der Waals surface area contributed by atoms with Gasteiger partial charge in [0.05, 0.1) is 0 Å². The van der Waals surface area contributed by atoms with Gasteiger partial charge in [0.15, 0.2) is 28.8 Å². The normalized spacial score (nSPS) is 11.2. The predicted molar refractivity (Wildman–Crippen MR) is 242 cm³/mol. The Bertz CT molecular complexity index is 2890. The summed E-state index contributed by atoms with van der Waals surface area (Å²) in [5, 5.41) is 10.6. The Hall–Kier alpha value is -8.10. The summed E-state index contributed by atoms with van der Waals surface area (Å²) < 4.78 is 31.1. The fraction of sp³-hybridized carbons (Fsp3) is 0.0741. The van der Waals surface area contributed by atoms with Crippen LogP contribution in [0.3, 0.4) is 0 Å². The molecule has 0 radical (unpaired) electrons. The maximum absolute atomic E-state index is 14.1. The smallest absolute Gasteiger partial charge is 0.208 e. The lowest BCUT2D eigenvalue weighted by molar-refractivity contribution is 0.104. The maximum atomic E-state index is 14.1. The number of hydrogen-bond acceptors (Lipinski definition) is 8. The molecule has 8 aromatic rings. The number of hydrogen-bond donors (Lipinski definition) is 1. The third kappa shape index (κ3) is 10.4. The molecule has 0 aliphatic heterocycles. The Morgan fingerprint density at radius 1 is 0.484 bits per heavy atom. The second-order valence-electron chi connectivity index (χ2n) is 14.4. The van der Waals surface area contributed by atoms with Gasteiger partial charge in [0, 0.05) is 0 Å². The van der Waals surface area contributed by atoms with E-state index in [1.165, 1.54) is 12.1 Å². The molecule has 0 amide bonds. The van der Waals surface area contributed by atoms with Crippen LogP contribution in [0.15, 0.2) is 191 Å². The van der Waals surface area contributed by atoms with Gasteiger partial charge in [0.25, 0.3) is 0 Å². The van der Waals surface area contributed by atoms with Crippen LogP contribution < -0.4 is 24.4 Å². The quantitative estimate of drug-likeness (QED) is 0.0715. The van der Waals surface area contributed by atoms with Gasteiger partial charge in [0.2, 0.25) is 5.43 Å². The molecular formula is C54H42O8. The number of phenols is 1. The standard InChI is InChI=1S/C54H42O8/c55-44-22-13-23-48-52(44)54(57)53(45(56)28-24-38-25-29-46(58-34-40-14-5-1-6-15-40)50(32-38)60-36-42-18-9-3-10-19-42)49(62-48)31-27-39-26-30-47(59-35-41-16-7-2-8-17-41)51(33-39)61-37-43-20-11-4-12-21-43/h1-33,55H,34-37H2/b28-24+,31-27+. The number of fused-ring (bicyclic) bond motifs is 1. The Morgan fingerprint density at radius 3 is 1.39 bits per heavy atom. The highest BCUT2D eigenvalue weighted by Gasteiger charge is 2.20. The van der Waals surface area contributed by atoms with Crippen LogP contribution in [-0.4, -0.2) is 10.9 Å². The van der Waals surface area contributed by atoms with E-state index in [0.717, 1.165) is 22.3 Å². The van der Waals surface area contributed by atoms with Crippen molar-refractivity contribution in [3.8, 4) is 28.7 Å². The van der Waals surface area contributed by atoms with Crippen molar-refractivity contribution in [2.75, 3.05) is 0 Å². The van der Waals surface area contributed by atoms with Crippen LogP contribution in [0.5, 0.6) is 28.7 Å². The zero-order valence-electron chi connectivity index (χ0n) is 33.7. The molecule has 306 valence electrons. The number of carbonyl (C=O) groups excluding carboxylic acids is 1. The summed E-state index contributed by atoms with van der Waals surface area (Å²) >= 11 is 0. The minimum atomic E-state index is -0.660. The Morgan fingerprint density at radius 2 is 0.919 bits per heavy atom. The van der Waals surface area contributed by atoms with Crippen molar-refractivity contribution in [1.82, 2.24) is 0 Å². The van der Waals surface area contributed by atoms with Gasteiger partial charge in [0.1, 0.15) is 54.5 Å². The van der Waals surface area contributed by atoms with Crippen LogP contribution in [0.1, 0.15) is 49.5 Å². The molecular weight excluding hydrogens is 777 g/mol. The van der Waals surface area contributed by atoms with Crippen molar-refractivity contribution in [2.24, 2.45) is 0 Å². The van der Waals surface area contributed by atoms with Crippen LogP contribution in [0.4, 0.5) is 0 Å². The van der Waals surface area contributed by atoms with E-state index >= 15 is 0 Å². The number of phenolic OH excluding ortho intramolecular Hbond substituents is 1. The maximum Gasteiger partial charge on any atom is 0.208 e. The zero-order valence-corrected chi connectivity index (χ0v) is 33.7. The topological polar surface area (TPSA) is 104 Å². The van der Waals surface area contributed by atoms with Gasteiger partial charge in [-0.3, -0.25) is 9.59 Å². The average Bonchev–Trinajstić information content (AvgIpc) is 3.31.